The molecule has 0 amide bonds. The second-order valence-corrected chi connectivity index (χ2v) is 6.34. The molecule has 0 unspecified atom stereocenters. The molecule has 1 aromatic heterocycles. The topological polar surface area (TPSA) is 109 Å². The van der Waals surface area contributed by atoms with Gasteiger partial charge in [0.2, 0.25) is 5.89 Å². The standard InChI is InChI=1S/C10H18N4O4S/c1-8-12-10(18-13-8)6-11-19(16,17)14-4-2-9(7-15)3-5-14/h9,11,15H,2-7H2,1H3. The van der Waals surface area contributed by atoms with E-state index in [4.69, 9.17) is 9.63 Å². The third-order valence-corrected chi connectivity index (χ3v) is 4.70. The Morgan fingerprint density at radius 1 is 1.47 bits per heavy atom. The molecule has 8 nitrogen and oxygen atoms in total. The Bertz CT molecular complexity index is 507. The first kappa shape index (κ1) is 14.4. The monoisotopic (exact) mass is 290 g/mol. The van der Waals surface area contributed by atoms with Crippen molar-refractivity contribution in [1.29, 1.82) is 0 Å². The summed E-state index contributed by atoms with van der Waals surface area (Å²) >= 11 is 0. The molecule has 0 atom stereocenters. The Hall–Kier alpha value is -1.03. The number of hydrogen-bond donors (Lipinski definition) is 2. The van der Waals surface area contributed by atoms with Crippen molar-refractivity contribution in [2.24, 2.45) is 5.92 Å². The first-order chi connectivity index (χ1) is 9.01. The van der Waals surface area contributed by atoms with Gasteiger partial charge in [0.1, 0.15) is 0 Å². The number of aryl methyl sites for hydroxylation is 1. The van der Waals surface area contributed by atoms with Crippen molar-refractivity contribution in [2.45, 2.75) is 26.3 Å². The van der Waals surface area contributed by atoms with Crippen molar-refractivity contribution in [2.75, 3.05) is 19.7 Å². The summed E-state index contributed by atoms with van der Waals surface area (Å²) in [5.41, 5.74) is 0. The molecule has 0 aromatic carbocycles. The minimum atomic E-state index is -3.53. The van der Waals surface area contributed by atoms with Gasteiger partial charge in [0.05, 0.1) is 6.54 Å². The van der Waals surface area contributed by atoms with Crippen molar-refractivity contribution in [3.63, 3.8) is 0 Å². The van der Waals surface area contributed by atoms with Crippen molar-refractivity contribution in [3.05, 3.63) is 11.7 Å². The highest BCUT2D eigenvalue weighted by Gasteiger charge is 2.27. The molecule has 9 heteroatoms. The second-order valence-electron chi connectivity index (χ2n) is 4.59. The van der Waals surface area contributed by atoms with Gasteiger partial charge in [-0.25, -0.2) is 0 Å². The first-order valence-electron chi connectivity index (χ1n) is 6.16. The van der Waals surface area contributed by atoms with Crippen LogP contribution >= 0.6 is 0 Å². The molecule has 1 saturated heterocycles. The van der Waals surface area contributed by atoms with Crippen LogP contribution in [-0.2, 0) is 16.8 Å². The normalized spacial score (nSPS) is 18.8. The van der Waals surface area contributed by atoms with E-state index in [1.165, 1.54) is 4.31 Å². The summed E-state index contributed by atoms with van der Waals surface area (Å²) in [6, 6.07) is 0. The Kier molecular flexibility index (Phi) is 4.50. The average Bonchev–Trinajstić information content (AvgIpc) is 2.82. The van der Waals surface area contributed by atoms with Crippen molar-refractivity contribution >= 4 is 10.2 Å². The smallest absolute Gasteiger partial charge is 0.279 e. The molecule has 2 rings (SSSR count). The van der Waals surface area contributed by atoms with Gasteiger partial charge in [-0.3, -0.25) is 0 Å². The van der Waals surface area contributed by atoms with Gasteiger partial charge >= 0.3 is 0 Å². The summed E-state index contributed by atoms with van der Waals surface area (Å²) in [6.45, 7) is 2.61. The van der Waals surface area contributed by atoms with Crippen LogP contribution in [0.5, 0.6) is 0 Å². The Labute approximate surface area is 112 Å². The number of aromatic nitrogens is 2. The first-order valence-corrected chi connectivity index (χ1v) is 7.60. The molecule has 0 saturated carbocycles. The van der Waals surface area contributed by atoms with Gasteiger partial charge in [0.15, 0.2) is 5.82 Å². The Morgan fingerprint density at radius 2 is 2.16 bits per heavy atom. The SMILES string of the molecule is Cc1noc(CNS(=O)(=O)N2CCC(CO)CC2)n1. The molecular weight excluding hydrogens is 272 g/mol. The fraction of sp³-hybridized carbons (Fsp3) is 0.800. The molecule has 108 valence electrons. The van der Waals surface area contributed by atoms with E-state index in [0.717, 1.165) is 0 Å². The molecule has 0 bridgehead atoms. The summed E-state index contributed by atoms with van der Waals surface area (Å²) in [7, 11) is -3.53. The largest absolute Gasteiger partial charge is 0.396 e. The van der Waals surface area contributed by atoms with Crippen LogP contribution in [0.2, 0.25) is 0 Å². The predicted molar refractivity (Wildman–Crippen MR) is 66.2 cm³/mol. The van der Waals surface area contributed by atoms with Crippen molar-refractivity contribution < 1.29 is 18.0 Å². The third-order valence-electron chi connectivity index (χ3n) is 3.15. The number of aliphatic hydroxyl groups excluding tert-OH is 1. The van der Waals surface area contributed by atoms with E-state index in [0.29, 0.717) is 31.8 Å². The fourth-order valence-electron chi connectivity index (χ4n) is 1.99. The number of rotatable bonds is 5. The lowest BCUT2D eigenvalue weighted by Crippen LogP contribution is -2.45. The maximum absolute atomic E-state index is 12.0. The minimum Gasteiger partial charge on any atom is -0.396 e. The van der Waals surface area contributed by atoms with Crippen LogP contribution in [0.25, 0.3) is 0 Å². The van der Waals surface area contributed by atoms with Crippen LogP contribution < -0.4 is 4.72 Å². The molecule has 19 heavy (non-hydrogen) atoms. The van der Waals surface area contributed by atoms with Crippen LogP contribution in [0.4, 0.5) is 0 Å². The molecule has 0 aliphatic carbocycles. The van der Waals surface area contributed by atoms with Crippen LogP contribution in [0.1, 0.15) is 24.6 Å². The van der Waals surface area contributed by atoms with Gasteiger partial charge in [-0.05, 0) is 25.7 Å². The summed E-state index contributed by atoms with van der Waals surface area (Å²) in [4.78, 5) is 3.93. The van der Waals surface area contributed by atoms with Gasteiger partial charge in [-0.2, -0.15) is 22.4 Å². The molecule has 2 heterocycles. The maximum atomic E-state index is 12.0. The maximum Gasteiger partial charge on any atom is 0.279 e. The Balaban J connectivity index is 1.88. The van der Waals surface area contributed by atoms with Crippen LogP contribution in [0, 0.1) is 12.8 Å². The summed E-state index contributed by atoms with van der Waals surface area (Å²) < 4.78 is 32.7. The summed E-state index contributed by atoms with van der Waals surface area (Å²) in [5, 5.41) is 12.6. The molecular formula is C10H18N4O4S. The second kappa shape index (κ2) is 5.95. The lowest BCUT2D eigenvalue weighted by Gasteiger charge is -2.29. The highest BCUT2D eigenvalue weighted by Crippen LogP contribution is 2.18. The number of aliphatic hydroxyl groups is 1. The van der Waals surface area contributed by atoms with Crippen molar-refractivity contribution in [1.82, 2.24) is 19.2 Å². The lowest BCUT2D eigenvalue weighted by molar-refractivity contribution is 0.169. The zero-order valence-electron chi connectivity index (χ0n) is 10.7. The fourth-order valence-corrected chi connectivity index (χ4v) is 3.17. The number of hydrogen-bond acceptors (Lipinski definition) is 6. The highest BCUT2D eigenvalue weighted by molar-refractivity contribution is 7.87. The van der Waals surface area contributed by atoms with Crippen LogP contribution in [0.3, 0.4) is 0 Å². The van der Waals surface area contributed by atoms with Crippen LogP contribution in [0.15, 0.2) is 4.52 Å². The molecule has 0 radical (unpaired) electrons. The van der Waals surface area contributed by atoms with E-state index in [1.807, 2.05) is 0 Å². The van der Waals surface area contributed by atoms with E-state index in [2.05, 4.69) is 14.9 Å². The molecule has 1 aliphatic rings. The predicted octanol–water partition coefficient (Wildman–Crippen LogP) is -0.583. The number of piperidine rings is 1. The molecule has 1 aromatic rings. The number of nitrogens with one attached hydrogen (secondary N) is 1. The Morgan fingerprint density at radius 3 is 2.68 bits per heavy atom. The van der Waals surface area contributed by atoms with Gasteiger partial charge < -0.3 is 9.63 Å². The highest BCUT2D eigenvalue weighted by atomic mass is 32.2. The van der Waals surface area contributed by atoms with Gasteiger partial charge in [0, 0.05) is 19.7 Å². The minimum absolute atomic E-state index is 0.0108. The zero-order chi connectivity index (χ0) is 13.9. The average molecular weight is 290 g/mol. The molecule has 1 aliphatic heterocycles. The van der Waals surface area contributed by atoms with E-state index < -0.39 is 10.2 Å². The quantitative estimate of drug-likeness (QED) is 0.751. The molecule has 1 fully saturated rings. The number of nitrogens with zero attached hydrogens (tertiary/aromatic N) is 3. The zero-order valence-corrected chi connectivity index (χ0v) is 11.6. The third kappa shape index (κ3) is 3.72. The summed E-state index contributed by atoms with van der Waals surface area (Å²) in [6.07, 6.45) is 1.36. The summed E-state index contributed by atoms with van der Waals surface area (Å²) in [5.74, 6) is 0.911. The van der Waals surface area contributed by atoms with E-state index in [9.17, 15) is 8.42 Å². The van der Waals surface area contributed by atoms with Gasteiger partial charge in [0.25, 0.3) is 10.2 Å². The van der Waals surface area contributed by atoms with Gasteiger partial charge in [-0.15, -0.1) is 0 Å². The van der Waals surface area contributed by atoms with Gasteiger partial charge in [-0.1, -0.05) is 5.16 Å². The molecule has 0 spiro atoms. The van der Waals surface area contributed by atoms with E-state index >= 15 is 0 Å². The lowest BCUT2D eigenvalue weighted by atomic mass is 10.00. The van der Waals surface area contributed by atoms with Crippen molar-refractivity contribution in [3.8, 4) is 0 Å². The van der Waals surface area contributed by atoms with E-state index in [1.54, 1.807) is 6.92 Å². The van der Waals surface area contributed by atoms with E-state index in [-0.39, 0.29) is 25.0 Å². The molecule has 2 N–H and O–H groups in total. The van der Waals surface area contributed by atoms with Crippen LogP contribution in [-0.4, -0.2) is 47.7 Å².